The lowest BCUT2D eigenvalue weighted by molar-refractivity contribution is -0.148. The molecule has 0 radical (unpaired) electrons. The van der Waals surface area contributed by atoms with Gasteiger partial charge in [0.25, 0.3) is 0 Å². The Bertz CT molecular complexity index is 642. The van der Waals surface area contributed by atoms with Crippen molar-refractivity contribution in [2.24, 2.45) is 0 Å². The number of carbonyl (C=O) groups excluding carboxylic acids is 2. The molecule has 1 atom stereocenters. The first kappa shape index (κ1) is 23.2. The Hall–Kier alpha value is -1.79. The average molecular weight is 400 g/mol. The molecule has 0 N–H and O–H groups in total. The highest BCUT2D eigenvalue weighted by Crippen LogP contribution is 2.29. The third-order valence-corrected chi connectivity index (χ3v) is 4.05. The minimum Gasteiger partial charge on any atom is -0.464 e. The van der Waals surface area contributed by atoms with Crippen LogP contribution in [0, 0.1) is 6.92 Å². The number of rotatable bonds is 8. The molecule has 0 saturated carbocycles. The Morgan fingerprint density at radius 3 is 2.52 bits per heavy atom. The van der Waals surface area contributed by atoms with Crippen LogP contribution in [0.25, 0.3) is 0 Å². The molecule has 0 aliphatic carbocycles. The average Bonchev–Trinajstić information content (AvgIpc) is 2.55. The second-order valence-electron chi connectivity index (χ2n) is 7.25. The number of aryl methyl sites for hydroxylation is 1. The lowest BCUT2D eigenvalue weighted by Crippen LogP contribution is -2.37. The Balaban J connectivity index is 2.91. The van der Waals surface area contributed by atoms with Gasteiger partial charge in [-0.2, -0.15) is 0 Å². The molecule has 0 spiro atoms. The zero-order chi connectivity index (χ0) is 20.6. The summed E-state index contributed by atoms with van der Waals surface area (Å²) in [5.41, 5.74) is 1.32. The molecule has 0 aliphatic rings. The van der Waals surface area contributed by atoms with Crippen molar-refractivity contribution >= 4 is 23.7 Å². The largest absolute Gasteiger partial charge is 0.464 e. The minimum atomic E-state index is -0.598. The van der Waals surface area contributed by atoms with E-state index in [1.54, 1.807) is 14.0 Å². The minimum absolute atomic E-state index is 0.120. The summed E-state index contributed by atoms with van der Waals surface area (Å²) in [5, 5.41) is 0.589. The molecule has 1 amide bonds. The first-order chi connectivity index (χ1) is 12.5. The maximum atomic E-state index is 12.6. The predicted molar refractivity (Wildman–Crippen MR) is 105 cm³/mol. The van der Waals surface area contributed by atoms with E-state index in [4.69, 9.17) is 25.8 Å². The van der Waals surface area contributed by atoms with Crippen molar-refractivity contribution in [1.29, 1.82) is 0 Å². The Morgan fingerprint density at radius 2 is 1.93 bits per heavy atom. The van der Waals surface area contributed by atoms with Crippen molar-refractivity contribution in [3.05, 3.63) is 34.3 Å². The van der Waals surface area contributed by atoms with E-state index in [0.717, 1.165) is 11.1 Å². The van der Waals surface area contributed by atoms with E-state index in [-0.39, 0.29) is 19.3 Å². The number of amides is 1. The highest BCUT2D eigenvalue weighted by Gasteiger charge is 2.27. The van der Waals surface area contributed by atoms with Crippen LogP contribution in [-0.2, 0) is 19.0 Å². The number of nitrogens with zero attached hydrogens (tertiary/aromatic N) is 1. The van der Waals surface area contributed by atoms with Crippen molar-refractivity contribution in [3.63, 3.8) is 0 Å². The summed E-state index contributed by atoms with van der Waals surface area (Å²) in [6, 6.07) is 5.25. The van der Waals surface area contributed by atoms with E-state index in [1.165, 1.54) is 4.90 Å². The van der Waals surface area contributed by atoms with E-state index in [9.17, 15) is 9.59 Å². The zero-order valence-corrected chi connectivity index (χ0v) is 17.8. The van der Waals surface area contributed by atoms with Crippen LogP contribution in [0.5, 0.6) is 0 Å². The van der Waals surface area contributed by atoms with Gasteiger partial charge in [-0.3, -0.25) is 0 Å². The first-order valence-electron chi connectivity index (χ1n) is 9.00. The highest BCUT2D eigenvalue weighted by atomic mass is 35.5. The smallest absolute Gasteiger partial charge is 0.410 e. The van der Waals surface area contributed by atoms with Gasteiger partial charge in [0, 0.05) is 18.7 Å². The van der Waals surface area contributed by atoms with Crippen molar-refractivity contribution in [2.75, 3.05) is 26.9 Å². The van der Waals surface area contributed by atoms with Gasteiger partial charge >= 0.3 is 12.1 Å². The van der Waals surface area contributed by atoms with Crippen LogP contribution in [-0.4, -0.2) is 49.4 Å². The summed E-state index contributed by atoms with van der Waals surface area (Å²) < 4.78 is 15.7. The van der Waals surface area contributed by atoms with Crippen LogP contribution in [0.1, 0.15) is 51.3 Å². The molecule has 0 heterocycles. The van der Waals surface area contributed by atoms with Gasteiger partial charge in [0.05, 0.1) is 12.6 Å². The van der Waals surface area contributed by atoms with Gasteiger partial charge in [0.2, 0.25) is 0 Å². The van der Waals surface area contributed by atoms with E-state index >= 15 is 0 Å². The van der Waals surface area contributed by atoms with Crippen molar-refractivity contribution < 1.29 is 23.8 Å². The highest BCUT2D eigenvalue weighted by molar-refractivity contribution is 6.30. The lowest BCUT2D eigenvalue weighted by Gasteiger charge is -2.32. The summed E-state index contributed by atoms with van der Waals surface area (Å²) in [6.45, 7) is 9.64. The molecule has 0 fully saturated rings. The normalized spacial score (nSPS) is 12.4. The van der Waals surface area contributed by atoms with Crippen LogP contribution in [0.3, 0.4) is 0 Å². The van der Waals surface area contributed by atoms with Crippen LogP contribution < -0.4 is 0 Å². The van der Waals surface area contributed by atoms with Gasteiger partial charge in [0.1, 0.15) is 12.2 Å². The van der Waals surface area contributed by atoms with Gasteiger partial charge in [-0.05, 0) is 64.3 Å². The number of hydrogen-bond acceptors (Lipinski definition) is 5. The summed E-state index contributed by atoms with van der Waals surface area (Å²) in [7, 11) is 1.68. The molecule has 0 bridgehead atoms. The molecule has 1 rings (SSSR count). The second kappa shape index (κ2) is 10.5. The second-order valence-corrected chi connectivity index (χ2v) is 7.69. The van der Waals surface area contributed by atoms with Gasteiger partial charge in [-0.1, -0.05) is 17.7 Å². The van der Waals surface area contributed by atoms with Crippen LogP contribution in [0.2, 0.25) is 5.02 Å². The number of ether oxygens (including phenoxy) is 3. The van der Waals surface area contributed by atoms with Gasteiger partial charge < -0.3 is 19.1 Å². The molecule has 0 aromatic heterocycles. The maximum Gasteiger partial charge on any atom is 0.410 e. The Kier molecular flexibility index (Phi) is 9.06. The van der Waals surface area contributed by atoms with Crippen LogP contribution in [0.4, 0.5) is 4.79 Å². The summed E-state index contributed by atoms with van der Waals surface area (Å²) >= 11 is 6.16. The number of carbonyl (C=O) groups is 2. The molecule has 6 nitrogen and oxygen atoms in total. The fraction of sp³-hybridized carbons (Fsp3) is 0.600. The van der Waals surface area contributed by atoms with Crippen molar-refractivity contribution in [2.45, 2.75) is 52.7 Å². The molecule has 0 saturated heterocycles. The monoisotopic (exact) mass is 399 g/mol. The van der Waals surface area contributed by atoms with Crippen LogP contribution >= 0.6 is 11.6 Å². The molecule has 0 aliphatic heterocycles. The maximum absolute atomic E-state index is 12.6. The number of halogens is 1. The SMILES string of the molecule is CCOC(=O)COCCC(c1cc(Cl)ccc1C)N(C)C(=O)OC(C)(C)C. The van der Waals surface area contributed by atoms with Crippen molar-refractivity contribution in [1.82, 2.24) is 4.90 Å². The fourth-order valence-electron chi connectivity index (χ4n) is 2.54. The van der Waals surface area contributed by atoms with Gasteiger partial charge in [-0.25, -0.2) is 9.59 Å². The zero-order valence-electron chi connectivity index (χ0n) is 17.0. The quantitative estimate of drug-likeness (QED) is 0.474. The fourth-order valence-corrected chi connectivity index (χ4v) is 2.72. The summed E-state index contributed by atoms with van der Waals surface area (Å²) in [5.74, 6) is -0.409. The molecule has 1 aromatic rings. The van der Waals surface area contributed by atoms with Crippen molar-refractivity contribution in [3.8, 4) is 0 Å². The number of esters is 1. The number of benzene rings is 1. The Labute approximate surface area is 166 Å². The van der Waals surface area contributed by atoms with Gasteiger partial charge in [0.15, 0.2) is 0 Å². The first-order valence-corrected chi connectivity index (χ1v) is 9.38. The van der Waals surface area contributed by atoms with E-state index in [0.29, 0.717) is 18.1 Å². The van der Waals surface area contributed by atoms with E-state index in [1.807, 2.05) is 45.9 Å². The molecular formula is C20H30ClNO5. The Morgan fingerprint density at radius 1 is 1.26 bits per heavy atom. The topological polar surface area (TPSA) is 65.1 Å². The number of hydrogen-bond donors (Lipinski definition) is 0. The third kappa shape index (κ3) is 8.18. The standard InChI is InChI=1S/C20H30ClNO5/c1-7-26-18(23)13-25-11-10-17(16-12-15(21)9-8-14(16)2)22(6)19(24)27-20(3,4)5/h8-9,12,17H,7,10-11,13H2,1-6H3. The van der Waals surface area contributed by atoms with E-state index in [2.05, 4.69) is 0 Å². The molecule has 7 heteroatoms. The van der Waals surface area contributed by atoms with Crippen LogP contribution in [0.15, 0.2) is 18.2 Å². The summed E-state index contributed by atoms with van der Waals surface area (Å²) in [6.07, 6.45) is 0.0494. The molecule has 1 aromatic carbocycles. The molecular weight excluding hydrogens is 370 g/mol. The van der Waals surface area contributed by atoms with E-state index < -0.39 is 17.7 Å². The summed E-state index contributed by atoms with van der Waals surface area (Å²) in [4.78, 5) is 25.5. The molecule has 1 unspecified atom stereocenters. The van der Waals surface area contributed by atoms with Gasteiger partial charge in [-0.15, -0.1) is 0 Å². The molecule has 27 heavy (non-hydrogen) atoms. The predicted octanol–water partition coefficient (Wildman–Crippen LogP) is 4.53. The third-order valence-electron chi connectivity index (χ3n) is 3.81. The lowest BCUT2D eigenvalue weighted by atomic mass is 9.98. The molecule has 152 valence electrons.